The minimum atomic E-state index is 0.271. The molecule has 2 rings (SSSR count). The molecular formula is C14H17NO. The third-order valence-electron chi connectivity index (χ3n) is 3.27. The maximum atomic E-state index is 9.05. The van der Waals surface area contributed by atoms with E-state index in [1.165, 1.54) is 11.1 Å². The predicted octanol–water partition coefficient (Wildman–Crippen LogP) is 3.51. The summed E-state index contributed by atoms with van der Waals surface area (Å²) in [5.74, 6) is 0.271. The van der Waals surface area contributed by atoms with Crippen LogP contribution in [0.5, 0.6) is 0 Å². The van der Waals surface area contributed by atoms with E-state index in [2.05, 4.69) is 36.0 Å². The minimum absolute atomic E-state index is 0.271. The summed E-state index contributed by atoms with van der Waals surface area (Å²) in [5, 5.41) is 12.5. The molecule has 1 aromatic carbocycles. The van der Waals surface area contributed by atoms with E-state index in [1.807, 2.05) is 6.08 Å². The number of hydrogen-bond acceptors (Lipinski definition) is 2. The first kappa shape index (κ1) is 10.9. The molecule has 0 spiro atoms. The Balaban J connectivity index is 2.32. The van der Waals surface area contributed by atoms with Gasteiger partial charge in [-0.1, -0.05) is 35.5 Å². The van der Waals surface area contributed by atoms with Crippen molar-refractivity contribution in [1.82, 2.24) is 0 Å². The lowest BCUT2D eigenvalue weighted by Crippen LogP contribution is -2.20. The second-order valence-electron chi connectivity index (χ2n) is 4.21. The average molecular weight is 215 g/mol. The van der Waals surface area contributed by atoms with Gasteiger partial charge in [0.15, 0.2) is 0 Å². The largest absolute Gasteiger partial charge is 0.411 e. The van der Waals surface area contributed by atoms with Gasteiger partial charge in [0.05, 0.1) is 5.71 Å². The van der Waals surface area contributed by atoms with Gasteiger partial charge in [-0.2, -0.15) is 0 Å². The van der Waals surface area contributed by atoms with E-state index in [1.54, 1.807) is 0 Å². The predicted molar refractivity (Wildman–Crippen MR) is 66.2 cm³/mol. The van der Waals surface area contributed by atoms with Crippen LogP contribution < -0.4 is 0 Å². The zero-order chi connectivity index (χ0) is 11.4. The lowest BCUT2D eigenvalue weighted by Gasteiger charge is -2.26. The normalized spacial score (nSPS) is 21.8. The summed E-state index contributed by atoms with van der Waals surface area (Å²) in [6, 6.07) is 8.45. The highest BCUT2D eigenvalue weighted by Gasteiger charge is 2.25. The second-order valence-corrected chi connectivity index (χ2v) is 4.21. The SMILES string of the molecule is C=CCCC1C(=NO)CCc2ccccc21. The zero-order valence-electron chi connectivity index (χ0n) is 9.39. The van der Waals surface area contributed by atoms with Crippen LogP contribution in [0.1, 0.15) is 36.3 Å². The molecule has 0 radical (unpaired) electrons. The smallest absolute Gasteiger partial charge is 0.0648 e. The number of rotatable bonds is 3. The topological polar surface area (TPSA) is 32.6 Å². The van der Waals surface area contributed by atoms with Crippen molar-refractivity contribution >= 4 is 5.71 Å². The Morgan fingerprint density at radius 3 is 2.94 bits per heavy atom. The summed E-state index contributed by atoms with van der Waals surface area (Å²) in [5.41, 5.74) is 3.63. The van der Waals surface area contributed by atoms with Crippen LogP contribution in [0.15, 0.2) is 42.1 Å². The van der Waals surface area contributed by atoms with E-state index in [9.17, 15) is 0 Å². The Hall–Kier alpha value is -1.57. The van der Waals surface area contributed by atoms with Gasteiger partial charge < -0.3 is 5.21 Å². The number of aryl methyl sites for hydroxylation is 1. The van der Waals surface area contributed by atoms with E-state index < -0.39 is 0 Å². The molecule has 1 aliphatic rings. The Morgan fingerprint density at radius 2 is 2.19 bits per heavy atom. The van der Waals surface area contributed by atoms with Gasteiger partial charge in [-0.3, -0.25) is 0 Å². The maximum absolute atomic E-state index is 9.05. The van der Waals surface area contributed by atoms with E-state index in [4.69, 9.17) is 5.21 Å². The van der Waals surface area contributed by atoms with Crippen molar-refractivity contribution in [3.63, 3.8) is 0 Å². The molecular weight excluding hydrogens is 198 g/mol. The quantitative estimate of drug-likeness (QED) is 0.467. The highest BCUT2D eigenvalue weighted by Crippen LogP contribution is 2.32. The third kappa shape index (κ3) is 2.01. The minimum Gasteiger partial charge on any atom is -0.411 e. The molecule has 0 saturated carbocycles. The molecule has 2 heteroatoms. The molecule has 0 fully saturated rings. The summed E-state index contributed by atoms with van der Waals surface area (Å²) < 4.78 is 0. The summed E-state index contributed by atoms with van der Waals surface area (Å²) in [7, 11) is 0. The summed E-state index contributed by atoms with van der Waals surface area (Å²) in [6.45, 7) is 3.75. The van der Waals surface area contributed by atoms with Crippen LogP contribution in [-0.2, 0) is 6.42 Å². The van der Waals surface area contributed by atoms with E-state index in [0.29, 0.717) is 0 Å². The molecule has 1 atom stereocenters. The van der Waals surface area contributed by atoms with Crippen LogP contribution in [0.25, 0.3) is 0 Å². The van der Waals surface area contributed by atoms with E-state index in [0.717, 1.165) is 31.4 Å². The number of nitrogens with zero attached hydrogens (tertiary/aromatic N) is 1. The van der Waals surface area contributed by atoms with Crippen molar-refractivity contribution in [3.05, 3.63) is 48.0 Å². The summed E-state index contributed by atoms with van der Waals surface area (Å²) in [6.07, 6.45) is 5.72. The lowest BCUT2D eigenvalue weighted by molar-refractivity contribution is 0.314. The van der Waals surface area contributed by atoms with Gasteiger partial charge in [-0.15, -0.1) is 6.58 Å². The zero-order valence-corrected chi connectivity index (χ0v) is 9.39. The van der Waals surface area contributed by atoms with Crippen LogP contribution in [0.4, 0.5) is 0 Å². The van der Waals surface area contributed by atoms with Crippen LogP contribution in [-0.4, -0.2) is 10.9 Å². The number of oxime groups is 1. The van der Waals surface area contributed by atoms with Crippen molar-refractivity contribution in [3.8, 4) is 0 Å². The molecule has 2 nitrogen and oxygen atoms in total. The molecule has 1 aromatic rings. The standard InChI is InChI=1S/C14H17NO/c1-2-3-7-13-12-8-5-4-6-11(12)9-10-14(13)15-16/h2,4-6,8,13,16H,1,3,7,9-10H2. The second kappa shape index (κ2) is 4.97. The molecule has 0 aromatic heterocycles. The molecule has 0 bridgehead atoms. The van der Waals surface area contributed by atoms with Crippen molar-refractivity contribution in [2.24, 2.45) is 5.16 Å². The van der Waals surface area contributed by atoms with Gasteiger partial charge in [-0.25, -0.2) is 0 Å². The average Bonchev–Trinajstić information content (AvgIpc) is 2.35. The molecule has 0 aliphatic heterocycles. The molecule has 16 heavy (non-hydrogen) atoms. The molecule has 1 unspecified atom stereocenters. The molecule has 1 N–H and O–H groups in total. The Labute approximate surface area is 96.3 Å². The maximum Gasteiger partial charge on any atom is 0.0648 e. The van der Waals surface area contributed by atoms with Crippen LogP contribution in [0, 0.1) is 0 Å². The van der Waals surface area contributed by atoms with Crippen molar-refractivity contribution < 1.29 is 5.21 Å². The van der Waals surface area contributed by atoms with Gasteiger partial charge in [0.25, 0.3) is 0 Å². The lowest BCUT2D eigenvalue weighted by atomic mass is 9.79. The fourth-order valence-electron chi connectivity index (χ4n) is 2.44. The number of hydrogen-bond donors (Lipinski definition) is 1. The molecule has 84 valence electrons. The van der Waals surface area contributed by atoms with Gasteiger partial charge in [0, 0.05) is 5.92 Å². The Morgan fingerprint density at radius 1 is 1.38 bits per heavy atom. The van der Waals surface area contributed by atoms with Crippen LogP contribution in [0.3, 0.4) is 0 Å². The first-order chi connectivity index (χ1) is 7.86. The third-order valence-corrected chi connectivity index (χ3v) is 3.27. The fraction of sp³-hybridized carbons (Fsp3) is 0.357. The first-order valence-corrected chi connectivity index (χ1v) is 5.76. The highest BCUT2D eigenvalue weighted by molar-refractivity contribution is 5.92. The molecule has 0 saturated heterocycles. The Kier molecular flexibility index (Phi) is 3.40. The Bertz CT molecular complexity index is 409. The van der Waals surface area contributed by atoms with Crippen molar-refractivity contribution in [2.75, 3.05) is 0 Å². The van der Waals surface area contributed by atoms with Gasteiger partial charge in [-0.05, 0) is 36.8 Å². The van der Waals surface area contributed by atoms with Gasteiger partial charge in [0.2, 0.25) is 0 Å². The highest BCUT2D eigenvalue weighted by atomic mass is 16.4. The van der Waals surface area contributed by atoms with Gasteiger partial charge in [0.1, 0.15) is 0 Å². The number of allylic oxidation sites excluding steroid dienone is 1. The van der Waals surface area contributed by atoms with Crippen LogP contribution in [0.2, 0.25) is 0 Å². The molecule has 0 heterocycles. The van der Waals surface area contributed by atoms with Crippen LogP contribution >= 0.6 is 0 Å². The van der Waals surface area contributed by atoms with E-state index in [-0.39, 0.29) is 5.92 Å². The summed E-state index contributed by atoms with van der Waals surface area (Å²) >= 11 is 0. The van der Waals surface area contributed by atoms with Gasteiger partial charge >= 0.3 is 0 Å². The number of benzene rings is 1. The monoisotopic (exact) mass is 215 g/mol. The van der Waals surface area contributed by atoms with E-state index >= 15 is 0 Å². The van der Waals surface area contributed by atoms with Crippen molar-refractivity contribution in [1.29, 1.82) is 0 Å². The number of fused-ring (bicyclic) bond motifs is 1. The summed E-state index contributed by atoms with van der Waals surface area (Å²) in [4.78, 5) is 0. The first-order valence-electron chi connectivity index (χ1n) is 5.76. The fourth-order valence-corrected chi connectivity index (χ4v) is 2.44. The van der Waals surface area contributed by atoms with Crippen molar-refractivity contribution in [2.45, 2.75) is 31.6 Å². The molecule has 0 amide bonds. The molecule has 1 aliphatic carbocycles.